The minimum absolute atomic E-state index is 0.816. The standard InChI is InChI=1S/C2H7N2OP/c1-2-6-4-3-5-1/h3-4,6H,1-2H2. The Morgan fingerprint density at radius 3 is 2.83 bits per heavy atom. The lowest BCUT2D eigenvalue weighted by Crippen LogP contribution is -2.30. The van der Waals surface area contributed by atoms with Crippen molar-refractivity contribution in [1.29, 1.82) is 0 Å². The van der Waals surface area contributed by atoms with Crippen molar-refractivity contribution in [2.45, 2.75) is 0 Å². The molecule has 0 bridgehead atoms. The molecule has 1 atom stereocenters. The second-order valence-electron chi connectivity index (χ2n) is 1.00. The van der Waals surface area contributed by atoms with Crippen LogP contribution in [-0.2, 0) is 4.84 Å². The molecule has 0 radical (unpaired) electrons. The van der Waals surface area contributed by atoms with Crippen LogP contribution in [0.1, 0.15) is 0 Å². The van der Waals surface area contributed by atoms with E-state index in [2.05, 4.69) is 10.8 Å². The average molecular weight is 106 g/mol. The molecule has 0 saturated carbocycles. The Morgan fingerprint density at radius 1 is 1.67 bits per heavy atom. The summed E-state index contributed by atoms with van der Waals surface area (Å²) in [5.74, 6) is 0. The fourth-order valence-electron chi connectivity index (χ4n) is 0.288. The molecule has 1 heterocycles. The molecule has 0 amide bonds. The lowest BCUT2D eigenvalue weighted by Gasteiger charge is -2.11. The molecule has 1 rings (SSSR count). The summed E-state index contributed by atoms with van der Waals surface area (Å²) >= 11 is 0. The van der Waals surface area contributed by atoms with Crippen molar-refractivity contribution in [2.24, 2.45) is 0 Å². The minimum Gasteiger partial charge on any atom is -0.286 e. The van der Waals surface area contributed by atoms with E-state index in [-0.39, 0.29) is 0 Å². The zero-order valence-electron chi connectivity index (χ0n) is 3.32. The zero-order chi connectivity index (χ0) is 4.24. The van der Waals surface area contributed by atoms with Crippen molar-refractivity contribution in [3.8, 4) is 0 Å². The third-order valence-corrected chi connectivity index (χ3v) is 1.27. The van der Waals surface area contributed by atoms with Gasteiger partial charge < -0.3 is 0 Å². The van der Waals surface area contributed by atoms with E-state index in [1.165, 1.54) is 0 Å². The predicted octanol–water partition coefficient (Wildman–Crippen LogP) is -0.381. The first-order valence-electron chi connectivity index (χ1n) is 1.85. The summed E-state index contributed by atoms with van der Waals surface area (Å²) < 4.78 is 0. The molecule has 1 aliphatic rings. The van der Waals surface area contributed by atoms with E-state index < -0.39 is 0 Å². The summed E-state index contributed by atoms with van der Waals surface area (Å²) in [5.41, 5.74) is 2.55. The highest BCUT2D eigenvalue weighted by molar-refractivity contribution is 7.35. The topological polar surface area (TPSA) is 33.3 Å². The van der Waals surface area contributed by atoms with Gasteiger partial charge in [-0.3, -0.25) is 4.84 Å². The van der Waals surface area contributed by atoms with Crippen LogP contribution in [0.5, 0.6) is 0 Å². The van der Waals surface area contributed by atoms with Gasteiger partial charge in [-0.05, 0) is 8.73 Å². The number of nitrogens with one attached hydrogen (secondary N) is 2. The van der Waals surface area contributed by atoms with Crippen LogP contribution in [0.15, 0.2) is 0 Å². The molecular weight excluding hydrogens is 99.0 g/mol. The molecule has 6 heavy (non-hydrogen) atoms. The smallest absolute Gasteiger partial charge is 0.0747 e. The van der Waals surface area contributed by atoms with E-state index in [1.807, 2.05) is 0 Å². The maximum atomic E-state index is 4.72. The van der Waals surface area contributed by atoms with Gasteiger partial charge in [0.25, 0.3) is 0 Å². The Kier molecular flexibility index (Phi) is 1.85. The molecule has 1 saturated heterocycles. The number of hydrogen-bond acceptors (Lipinski definition) is 3. The second-order valence-corrected chi connectivity index (χ2v) is 2.11. The monoisotopic (exact) mass is 106 g/mol. The largest absolute Gasteiger partial charge is 0.286 e. The van der Waals surface area contributed by atoms with E-state index >= 15 is 0 Å². The van der Waals surface area contributed by atoms with E-state index in [1.54, 1.807) is 0 Å². The fraction of sp³-hybridized carbons (Fsp3) is 1.00. The molecule has 1 fully saturated rings. The van der Waals surface area contributed by atoms with Gasteiger partial charge in [-0.15, -0.1) is 5.59 Å². The van der Waals surface area contributed by atoms with Gasteiger partial charge in [0.15, 0.2) is 0 Å². The SMILES string of the molecule is C1CPNNO1. The first-order chi connectivity index (χ1) is 3.00. The van der Waals surface area contributed by atoms with Crippen molar-refractivity contribution >= 4 is 8.73 Å². The van der Waals surface area contributed by atoms with Gasteiger partial charge in [0.1, 0.15) is 0 Å². The molecule has 0 aromatic heterocycles. The molecule has 4 heteroatoms. The van der Waals surface area contributed by atoms with Crippen LogP contribution >= 0.6 is 8.73 Å². The summed E-state index contributed by atoms with van der Waals surface area (Å²) in [7, 11) is 0.816. The molecule has 1 unspecified atom stereocenters. The molecule has 0 aromatic carbocycles. The number of rotatable bonds is 0. The van der Waals surface area contributed by atoms with Crippen molar-refractivity contribution in [2.75, 3.05) is 12.8 Å². The molecule has 0 spiro atoms. The van der Waals surface area contributed by atoms with Gasteiger partial charge in [0.2, 0.25) is 0 Å². The van der Waals surface area contributed by atoms with Crippen LogP contribution in [0.2, 0.25) is 0 Å². The summed E-state index contributed by atoms with van der Waals surface area (Å²) in [6, 6.07) is 0. The van der Waals surface area contributed by atoms with Gasteiger partial charge in [-0.2, -0.15) is 0 Å². The third-order valence-electron chi connectivity index (χ3n) is 0.541. The Labute approximate surface area is 38.2 Å². The lowest BCUT2D eigenvalue weighted by atomic mass is 10.9. The highest BCUT2D eigenvalue weighted by Gasteiger charge is 1.92. The summed E-state index contributed by atoms with van der Waals surface area (Å²) in [6.45, 7) is 0.839. The predicted molar refractivity (Wildman–Crippen MR) is 25.4 cm³/mol. The number of hydrogen-bond donors (Lipinski definition) is 2. The third kappa shape index (κ3) is 1.19. The van der Waals surface area contributed by atoms with Gasteiger partial charge >= 0.3 is 0 Å². The average Bonchev–Trinajstić information content (AvgIpc) is 1.72. The summed E-state index contributed by atoms with van der Waals surface area (Å²) in [4.78, 5) is 4.72. The molecule has 0 aromatic rings. The van der Waals surface area contributed by atoms with Crippen molar-refractivity contribution in [1.82, 2.24) is 10.8 Å². The first-order valence-corrected chi connectivity index (χ1v) is 3.05. The summed E-state index contributed by atoms with van der Waals surface area (Å²) in [6.07, 6.45) is 1.13. The van der Waals surface area contributed by atoms with Gasteiger partial charge in [-0.25, -0.2) is 5.20 Å². The van der Waals surface area contributed by atoms with Crippen LogP contribution in [0, 0.1) is 0 Å². The Hall–Kier alpha value is 0.310. The van der Waals surface area contributed by atoms with Crippen LogP contribution in [0.4, 0.5) is 0 Å². The van der Waals surface area contributed by atoms with Crippen LogP contribution in [0.25, 0.3) is 0 Å². The minimum atomic E-state index is 0.816. The molecule has 2 N–H and O–H groups in total. The van der Waals surface area contributed by atoms with Crippen LogP contribution < -0.4 is 10.8 Å². The molecule has 1 aliphatic heterocycles. The molecular formula is C2H7N2OP. The molecule has 36 valence electrons. The van der Waals surface area contributed by atoms with Crippen LogP contribution in [-0.4, -0.2) is 12.8 Å². The maximum Gasteiger partial charge on any atom is 0.0747 e. The quantitative estimate of drug-likeness (QED) is 0.413. The van der Waals surface area contributed by atoms with E-state index in [9.17, 15) is 0 Å². The molecule has 3 nitrogen and oxygen atoms in total. The zero-order valence-corrected chi connectivity index (χ0v) is 4.32. The van der Waals surface area contributed by atoms with Crippen molar-refractivity contribution in [3.05, 3.63) is 0 Å². The maximum absolute atomic E-state index is 4.72. The van der Waals surface area contributed by atoms with E-state index in [0.29, 0.717) is 0 Å². The molecule has 0 aliphatic carbocycles. The lowest BCUT2D eigenvalue weighted by molar-refractivity contribution is 0.0318. The van der Waals surface area contributed by atoms with Crippen molar-refractivity contribution < 1.29 is 4.84 Å². The van der Waals surface area contributed by atoms with Crippen LogP contribution in [0.3, 0.4) is 0 Å². The Balaban J connectivity index is 2.00. The van der Waals surface area contributed by atoms with Gasteiger partial charge in [0, 0.05) is 6.16 Å². The van der Waals surface area contributed by atoms with Crippen molar-refractivity contribution in [3.63, 3.8) is 0 Å². The first kappa shape index (κ1) is 4.47. The van der Waals surface area contributed by atoms with Gasteiger partial charge in [-0.1, -0.05) is 0 Å². The normalized spacial score (nSPS) is 28.0. The number of hydrazine groups is 1. The summed E-state index contributed by atoms with van der Waals surface area (Å²) in [5, 5.41) is 2.84. The fourth-order valence-corrected chi connectivity index (χ4v) is 0.761. The van der Waals surface area contributed by atoms with Gasteiger partial charge in [0.05, 0.1) is 6.61 Å². The second kappa shape index (κ2) is 2.48. The van der Waals surface area contributed by atoms with E-state index in [0.717, 1.165) is 21.5 Å². The highest BCUT2D eigenvalue weighted by atomic mass is 31.1. The Morgan fingerprint density at radius 2 is 2.67 bits per heavy atom. The highest BCUT2D eigenvalue weighted by Crippen LogP contribution is 2.01. The van der Waals surface area contributed by atoms with E-state index in [4.69, 9.17) is 4.84 Å². The Bertz CT molecular complexity index is 27.0.